The molecule has 1 unspecified atom stereocenters. The van der Waals surface area contributed by atoms with Gasteiger partial charge in [0.2, 0.25) is 0 Å². The molecule has 0 aliphatic rings. The number of carboxylic acids is 1. The summed E-state index contributed by atoms with van der Waals surface area (Å²) < 4.78 is 10.6. The molecule has 1 heterocycles. The number of ether oxygens (including phenoxy) is 1. The maximum Gasteiger partial charge on any atom is 0.305 e. The van der Waals surface area contributed by atoms with Crippen LogP contribution in [0.5, 0.6) is 5.75 Å². The number of methoxy groups -OCH3 is 1. The summed E-state index contributed by atoms with van der Waals surface area (Å²) in [4.78, 5) is 10.6. The predicted octanol–water partition coefficient (Wildman–Crippen LogP) is 3.08. The van der Waals surface area contributed by atoms with Gasteiger partial charge in [-0.25, -0.2) is 0 Å². The summed E-state index contributed by atoms with van der Waals surface area (Å²) in [6.07, 6.45) is -0.184. The molecular weight excluding hydrogens is 282 g/mol. The van der Waals surface area contributed by atoms with Gasteiger partial charge in [-0.3, -0.25) is 4.79 Å². The molecule has 106 valence electrons. The third-order valence-corrected chi connectivity index (χ3v) is 3.12. The lowest BCUT2D eigenvalue weighted by molar-refractivity contribution is -0.137. The highest BCUT2D eigenvalue weighted by Crippen LogP contribution is 2.32. The van der Waals surface area contributed by atoms with Gasteiger partial charge in [0.15, 0.2) is 0 Å². The van der Waals surface area contributed by atoms with Crippen molar-refractivity contribution in [1.82, 2.24) is 0 Å². The number of carbonyl (C=O) groups is 1. The van der Waals surface area contributed by atoms with Crippen LogP contribution in [0.25, 0.3) is 11.3 Å². The van der Waals surface area contributed by atoms with Crippen LogP contribution >= 0.6 is 11.6 Å². The van der Waals surface area contributed by atoms with Crippen molar-refractivity contribution in [3.05, 3.63) is 41.1 Å². The molecule has 2 aromatic rings. The molecule has 0 amide bonds. The van der Waals surface area contributed by atoms with Gasteiger partial charge in [-0.1, -0.05) is 11.6 Å². The quantitative estimate of drug-likeness (QED) is 0.885. The summed E-state index contributed by atoms with van der Waals surface area (Å²) >= 11 is 6.05. The monoisotopic (exact) mass is 295 g/mol. The number of hydrogen-bond acceptors (Lipinski definition) is 4. The minimum atomic E-state index is -0.969. The molecule has 0 spiro atoms. The third kappa shape index (κ3) is 3.12. The highest BCUT2D eigenvalue weighted by Gasteiger charge is 2.15. The van der Waals surface area contributed by atoms with E-state index in [-0.39, 0.29) is 6.42 Å². The van der Waals surface area contributed by atoms with Crippen LogP contribution in [-0.2, 0) is 4.79 Å². The van der Waals surface area contributed by atoms with Gasteiger partial charge < -0.3 is 20.0 Å². The van der Waals surface area contributed by atoms with Gasteiger partial charge >= 0.3 is 5.97 Å². The van der Waals surface area contributed by atoms with Crippen LogP contribution in [-0.4, -0.2) is 18.2 Å². The Morgan fingerprint density at radius 2 is 2.20 bits per heavy atom. The lowest BCUT2D eigenvalue weighted by Crippen LogP contribution is -2.14. The van der Waals surface area contributed by atoms with E-state index < -0.39 is 12.0 Å². The standard InChI is InChI=1S/C14H14ClNO4/c1-19-12-3-2-8(6-9(12)15)11-4-5-13(20-11)10(16)7-14(17)18/h2-6,10H,7,16H2,1H3,(H,17,18). The largest absolute Gasteiger partial charge is 0.495 e. The topological polar surface area (TPSA) is 85.7 Å². The van der Waals surface area contributed by atoms with Crippen LogP contribution < -0.4 is 10.5 Å². The first-order valence-electron chi connectivity index (χ1n) is 5.92. The zero-order valence-electron chi connectivity index (χ0n) is 10.8. The minimum Gasteiger partial charge on any atom is -0.495 e. The van der Waals surface area contributed by atoms with E-state index in [1.807, 2.05) is 0 Å². The van der Waals surface area contributed by atoms with Crippen LogP contribution in [0.3, 0.4) is 0 Å². The smallest absolute Gasteiger partial charge is 0.305 e. The highest BCUT2D eigenvalue weighted by atomic mass is 35.5. The molecule has 3 N–H and O–H groups in total. The number of furan rings is 1. The fourth-order valence-electron chi connectivity index (χ4n) is 1.82. The van der Waals surface area contributed by atoms with Crippen molar-refractivity contribution < 1.29 is 19.1 Å². The summed E-state index contributed by atoms with van der Waals surface area (Å²) in [6.45, 7) is 0. The maximum absolute atomic E-state index is 10.6. The number of benzene rings is 1. The molecule has 20 heavy (non-hydrogen) atoms. The van der Waals surface area contributed by atoms with Crippen molar-refractivity contribution >= 4 is 17.6 Å². The molecule has 0 saturated heterocycles. The van der Waals surface area contributed by atoms with Crippen molar-refractivity contribution in [2.75, 3.05) is 7.11 Å². The van der Waals surface area contributed by atoms with Crippen molar-refractivity contribution in [1.29, 1.82) is 0 Å². The molecule has 0 radical (unpaired) electrons. The number of hydrogen-bond donors (Lipinski definition) is 2. The van der Waals surface area contributed by atoms with Crippen molar-refractivity contribution in [2.24, 2.45) is 5.73 Å². The third-order valence-electron chi connectivity index (χ3n) is 2.82. The molecule has 1 atom stereocenters. The Morgan fingerprint density at radius 3 is 2.80 bits per heavy atom. The fourth-order valence-corrected chi connectivity index (χ4v) is 2.07. The summed E-state index contributed by atoms with van der Waals surface area (Å²) in [5.41, 5.74) is 6.51. The van der Waals surface area contributed by atoms with Gasteiger partial charge in [-0.05, 0) is 30.3 Å². The molecule has 6 heteroatoms. The Bertz CT molecular complexity index is 623. The van der Waals surface area contributed by atoms with Gasteiger partial charge in [0.05, 0.1) is 24.6 Å². The Balaban J connectivity index is 2.24. The van der Waals surface area contributed by atoms with E-state index in [4.69, 9.17) is 31.6 Å². The fraction of sp³-hybridized carbons (Fsp3) is 0.214. The van der Waals surface area contributed by atoms with Crippen molar-refractivity contribution in [2.45, 2.75) is 12.5 Å². The van der Waals surface area contributed by atoms with E-state index in [0.29, 0.717) is 22.3 Å². The summed E-state index contributed by atoms with van der Waals surface area (Å²) in [5, 5.41) is 9.18. The van der Waals surface area contributed by atoms with Crippen molar-refractivity contribution in [3.63, 3.8) is 0 Å². The van der Waals surface area contributed by atoms with Gasteiger partial charge in [0.1, 0.15) is 17.3 Å². The second-order valence-corrected chi connectivity index (χ2v) is 4.66. The Morgan fingerprint density at radius 1 is 1.45 bits per heavy atom. The Kier molecular flexibility index (Phi) is 4.32. The van der Waals surface area contributed by atoms with Crippen molar-refractivity contribution in [3.8, 4) is 17.1 Å². The van der Waals surface area contributed by atoms with Gasteiger partial charge in [0.25, 0.3) is 0 Å². The minimum absolute atomic E-state index is 0.184. The highest BCUT2D eigenvalue weighted by molar-refractivity contribution is 6.32. The molecule has 0 aliphatic carbocycles. The van der Waals surface area contributed by atoms with Crippen LogP contribution in [0.2, 0.25) is 5.02 Å². The first-order chi connectivity index (χ1) is 9.51. The lowest BCUT2D eigenvalue weighted by atomic mass is 10.1. The first kappa shape index (κ1) is 14.4. The SMILES string of the molecule is COc1ccc(-c2ccc(C(N)CC(=O)O)o2)cc1Cl. The molecule has 0 saturated carbocycles. The number of rotatable bonds is 5. The molecule has 0 aliphatic heterocycles. The summed E-state index contributed by atoms with van der Waals surface area (Å²) in [6, 6.07) is 7.98. The molecule has 1 aromatic heterocycles. The lowest BCUT2D eigenvalue weighted by Gasteiger charge is -2.06. The molecule has 1 aromatic carbocycles. The van der Waals surface area contributed by atoms with Crippen LogP contribution in [0.4, 0.5) is 0 Å². The summed E-state index contributed by atoms with van der Waals surface area (Å²) in [7, 11) is 1.54. The zero-order valence-corrected chi connectivity index (χ0v) is 11.6. The van der Waals surface area contributed by atoms with Gasteiger partial charge in [0, 0.05) is 5.56 Å². The number of aliphatic carboxylic acids is 1. The van der Waals surface area contributed by atoms with Crippen LogP contribution in [0, 0.1) is 0 Å². The second kappa shape index (κ2) is 5.98. The average Bonchev–Trinajstić information content (AvgIpc) is 2.87. The zero-order chi connectivity index (χ0) is 14.7. The normalized spacial score (nSPS) is 12.2. The molecule has 5 nitrogen and oxygen atoms in total. The van der Waals surface area contributed by atoms with E-state index >= 15 is 0 Å². The van der Waals surface area contributed by atoms with E-state index in [1.54, 1.807) is 30.3 Å². The number of nitrogens with two attached hydrogens (primary N) is 1. The molecule has 0 fully saturated rings. The van der Waals surface area contributed by atoms with Crippen LogP contribution in [0.15, 0.2) is 34.7 Å². The molecular formula is C14H14ClNO4. The van der Waals surface area contributed by atoms with E-state index in [1.165, 1.54) is 7.11 Å². The molecule has 0 bridgehead atoms. The summed E-state index contributed by atoms with van der Waals surface area (Å²) in [5.74, 6) is 0.604. The first-order valence-corrected chi connectivity index (χ1v) is 6.30. The molecule has 2 rings (SSSR count). The number of halogens is 1. The van der Waals surface area contributed by atoms with Gasteiger partial charge in [-0.15, -0.1) is 0 Å². The van der Waals surface area contributed by atoms with E-state index in [2.05, 4.69) is 0 Å². The van der Waals surface area contributed by atoms with Crippen LogP contribution in [0.1, 0.15) is 18.2 Å². The van der Waals surface area contributed by atoms with E-state index in [9.17, 15) is 4.79 Å². The maximum atomic E-state index is 10.6. The Hall–Kier alpha value is -1.98. The number of carboxylic acid groups (broad SMARTS) is 1. The predicted molar refractivity (Wildman–Crippen MR) is 74.9 cm³/mol. The Labute approximate surface area is 120 Å². The second-order valence-electron chi connectivity index (χ2n) is 4.26. The van der Waals surface area contributed by atoms with Gasteiger partial charge in [-0.2, -0.15) is 0 Å². The average molecular weight is 296 g/mol. The van der Waals surface area contributed by atoms with E-state index in [0.717, 1.165) is 5.56 Å².